The lowest BCUT2D eigenvalue weighted by Gasteiger charge is -2.26. The fraction of sp³-hybridized carbons (Fsp3) is 0.414. The molecule has 0 amide bonds. The number of rotatable bonds is 8. The Kier molecular flexibility index (Phi) is 13.8. The summed E-state index contributed by atoms with van der Waals surface area (Å²) in [4.78, 5) is 7.12. The average molecular weight is 496 g/mol. The quantitative estimate of drug-likeness (QED) is 0.368. The first-order valence-corrected chi connectivity index (χ1v) is 13.1. The minimum atomic E-state index is 0.0209. The first kappa shape index (κ1) is 30.2. The van der Waals surface area contributed by atoms with E-state index in [9.17, 15) is 0 Å². The van der Waals surface area contributed by atoms with Crippen molar-refractivity contribution >= 4 is 27.6 Å². The van der Waals surface area contributed by atoms with Gasteiger partial charge >= 0.3 is 0 Å². The number of anilines is 1. The molecule has 5 N–H and O–H groups in total. The van der Waals surface area contributed by atoms with Crippen LogP contribution in [0.3, 0.4) is 0 Å². The van der Waals surface area contributed by atoms with Gasteiger partial charge in [0.1, 0.15) is 5.00 Å². The molecule has 0 unspecified atom stereocenters. The standard InChI is InChI=1S/C25H35N3S.2C2H5N/c1-19(10-9-16-28-14-7-6-8-15-28)22-12-17-29-24(22)27-20(2)21-11-13-26-23(18-21)25(3,4)5;2*1-2-3/h11-13,17-18,27H,1-2,6-10,14-16H2,3-5H3;2*2H,1,3H2. The third kappa shape index (κ3) is 11.0. The zero-order valence-corrected chi connectivity index (χ0v) is 22.8. The second kappa shape index (κ2) is 16.0. The number of nitrogens with two attached hydrogens (primary N) is 2. The first-order chi connectivity index (χ1) is 16.7. The molecule has 0 bridgehead atoms. The normalized spacial score (nSPS) is 13.3. The summed E-state index contributed by atoms with van der Waals surface area (Å²) in [5.41, 5.74) is 14.7. The predicted octanol–water partition coefficient (Wildman–Crippen LogP) is 6.98. The van der Waals surface area contributed by atoms with Crippen LogP contribution in [0.15, 0.2) is 68.5 Å². The van der Waals surface area contributed by atoms with Gasteiger partial charge in [0.2, 0.25) is 0 Å². The number of hydrogen-bond donors (Lipinski definition) is 3. The van der Waals surface area contributed by atoms with Crippen molar-refractivity contribution in [3.05, 3.63) is 85.3 Å². The van der Waals surface area contributed by atoms with Gasteiger partial charge in [0.15, 0.2) is 0 Å². The minimum Gasteiger partial charge on any atom is -0.405 e. The van der Waals surface area contributed by atoms with E-state index in [4.69, 9.17) is 0 Å². The van der Waals surface area contributed by atoms with Crippen LogP contribution in [0.4, 0.5) is 5.00 Å². The van der Waals surface area contributed by atoms with Gasteiger partial charge in [0.25, 0.3) is 0 Å². The van der Waals surface area contributed by atoms with Crippen LogP contribution < -0.4 is 16.8 Å². The highest BCUT2D eigenvalue weighted by Crippen LogP contribution is 2.34. The molecule has 0 aliphatic carbocycles. The largest absolute Gasteiger partial charge is 0.405 e. The Bertz CT molecular complexity index is 927. The smallest absolute Gasteiger partial charge is 0.100 e. The van der Waals surface area contributed by atoms with Crippen molar-refractivity contribution in [3.8, 4) is 0 Å². The van der Waals surface area contributed by atoms with Gasteiger partial charge in [-0.05, 0) is 86.9 Å². The van der Waals surface area contributed by atoms with Crippen LogP contribution >= 0.6 is 11.3 Å². The van der Waals surface area contributed by atoms with Crippen molar-refractivity contribution in [3.63, 3.8) is 0 Å². The second-order valence-corrected chi connectivity index (χ2v) is 10.4. The number of likely N-dealkylation sites (tertiary alicyclic amines) is 1. The van der Waals surface area contributed by atoms with E-state index >= 15 is 0 Å². The molecule has 0 atom stereocenters. The third-order valence-electron chi connectivity index (χ3n) is 5.59. The molecule has 1 saturated heterocycles. The van der Waals surface area contributed by atoms with Crippen LogP contribution in [-0.2, 0) is 5.41 Å². The molecule has 5 nitrogen and oxygen atoms in total. The van der Waals surface area contributed by atoms with E-state index in [0.29, 0.717) is 0 Å². The van der Waals surface area contributed by atoms with E-state index < -0.39 is 0 Å². The van der Waals surface area contributed by atoms with E-state index in [2.05, 4.69) is 91.3 Å². The minimum absolute atomic E-state index is 0.0209. The highest BCUT2D eigenvalue weighted by Gasteiger charge is 2.17. The Balaban J connectivity index is 0.000000926. The highest BCUT2D eigenvalue weighted by molar-refractivity contribution is 7.14. The topological polar surface area (TPSA) is 80.2 Å². The Hall–Kier alpha value is -2.83. The summed E-state index contributed by atoms with van der Waals surface area (Å²) in [6, 6.07) is 6.33. The SMILES string of the molecule is C=C(Nc1sccc1C(=C)CCCN1CCCCC1)c1ccnc(C(C)(C)C)c1.C=CN.C=CN. The van der Waals surface area contributed by atoms with E-state index in [1.54, 1.807) is 11.3 Å². The number of nitrogens with one attached hydrogen (secondary N) is 1. The van der Waals surface area contributed by atoms with E-state index in [1.807, 2.05) is 12.3 Å². The van der Waals surface area contributed by atoms with Crippen LogP contribution in [-0.4, -0.2) is 29.5 Å². The third-order valence-corrected chi connectivity index (χ3v) is 6.42. The van der Waals surface area contributed by atoms with Crippen LogP contribution in [0.1, 0.15) is 69.7 Å². The Morgan fingerprint density at radius 1 is 1.11 bits per heavy atom. The van der Waals surface area contributed by atoms with Crippen molar-refractivity contribution in [1.29, 1.82) is 0 Å². The lowest BCUT2D eigenvalue weighted by atomic mass is 9.90. The highest BCUT2D eigenvalue weighted by atomic mass is 32.1. The molecular weight excluding hydrogens is 450 g/mol. The van der Waals surface area contributed by atoms with Gasteiger partial charge in [-0.15, -0.1) is 11.3 Å². The summed E-state index contributed by atoms with van der Waals surface area (Å²) in [5.74, 6) is 0. The number of thiophene rings is 1. The monoisotopic (exact) mass is 495 g/mol. The van der Waals surface area contributed by atoms with Crippen molar-refractivity contribution in [2.75, 3.05) is 25.0 Å². The Morgan fingerprint density at radius 3 is 2.34 bits per heavy atom. The molecule has 35 heavy (non-hydrogen) atoms. The maximum Gasteiger partial charge on any atom is 0.100 e. The molecule has 192 valence electrons. The van der Waals surface area contributed by atoms with Crippen molar-refractivity contribution in [2.24, 2.45) is 11.5 Å². The van der Waals surface area contributed by atoms with Crippen molar-refractivity contribution in [2.45, 2.75) is 58.3 Å². The molecule has 2 aromatic rings. The van der Waals surface area contributed by atoms with Crippen LogP contribution in [0, 0.1) is 0 Å². The summed E-state index contributed by atoms with van der Waals surface area (Å²) in [7, 11) is 0. The molecule has 0 radical (unpaired) electrons. The lowest BCUT2D eigenvalue weighted by molar-refractivity contribution is 0.227. The number of allylic oxidation sites excluding steroid dienone is 1. The maximum absolute atomic E-state index is 4.61. The predicted molar refractivity (Wildman–Crippen MR) is 157 cm³/mol. The molecular formula is C29H45N5S. The summed E-state index contributed by atoms with van der Waals surface area (Å²) in [6.07, 6.45) is 10.7. The molecule has 0 saturated carbocycles. The maximum atomic E-state index is 4.61. The molecule has 1 aliphatic heterocycles. The van der Waals surface area contributed by atoms with E-state index in [-0.39, 0.29) is 5.41 Å². The number of piperidine rings is 1. The Morgan fingerprint density at radius 2 is 1.74 bits per heavy atom. The van der Waals surface area contributed by atoms with E-state index in [0.717, 1.165) is 28.4 Å². The molecule has 3 heterocycles. The van der Waals surface area contributed by atoms with Crippen LogP contribution in [0.5, 0.6) is 0 Å². The van der Waals surface area contributed by atoms with Crippen molar-refractivity contribution < 1.29 is 0 Å². The van der Waals surface area contributed by atoms with Gasteiger partial charge < -0.3 is 21.7 Å². The van der Waals surface area contributed by atoms with Gasteiger partial charge in [-0.3, -0.25) is 4.98 Å². The van der Waals surface area contributed by atoms with Crippen LogP contribution in [0.25, 0.3) is 11.3 Å². The second-order valence-electron chi connectivity index (χ2n) is 9.53. The molecule has 1 fully saturated rings. The zero-order chi connectivity index (χ0) is 26.3. The number of aromatic nitrogens is 1. The van der Waals surface area contributed by atoms with Gasteiger partial charge in [-0.1, -0.05) is 53.5 Å². The number of pyridine rings is 1. The summed E-state index contributed by atoms with van der Waals surface area (Å²) >= 11 is 1.71. The van der Waals surface area contributed by atoms with Gasteiger partial charge in [0, 0.05) is 34.1 Å². The molecule has 6 heteroatoms. The fourth-order valence-corrected chi connectivity index (χ4v) is 4.62. The summed E-state index contributed by atoms with van der Waals surface area (Å²) < 4.78 is 0. The summed E-state index contributed by atoms with van der Waals surface area (Å²) in [5, 5.41) is 6.80. The molecule has 1 aliphatic rings. The zero-order valence-electron chi connectivity index (χ0n) is 22.0. The van der Waals surface area contributed by atoms with Gasteiger partial charge in [-0.2, -0.15) is 0 Å². The number of hydrogen-bond acceptors (Lipinski definition) is 6. The van der Waals surface area contributed by atoms with Crippen LogP contribution in [0.2, 0.25) is 0 Å². The number of nitrogens with zero attached hydrogens (tertiary/aromatic N) is 2. The first-order valence-electron chi connectivity index (χ1n) is 12.2. The van der Waals surface area contributed by atoms with Gasteiger partial charge in [-0.25, -0.2) is 0 Å². The van der Waals surface area contributed by atoms with Gasteiger partial charge in [0.05, 0.1) is 0 Å². The molecule has 0 spiro atoms. The van der Waals surface area contributed by atoms with Crippen molar-refractivity contribution in [1.82, 2.24) is 9.88 Å². The molecule has 3 rings (SSSR count). The Labute approximate surface area is 217 Å². The fourth-order valence-electron chi connectivity index (χ4n) is 3.76. The molecule has 0 aromatic carbocycles. The lowest BCUT2D eigenvalue weighted by Crippen LogP contribution is -2.30. The molecule has 2 aromatic heterocycles. The summed E-state index contributed by atoms with van der Waals surface area (Å²) in [6.45, 7) is 25.2. The van der Waals surface area contributed by atoms with E-state index in [1.165, 1.54) is 68.9 Å². The average Bonchev–Trinajstić information content (AvgIpc) is 3.28.